The third-order valence-corrected chi connectivity index (χ3v) is 5.61. The molecule has 0 aliphatic carbocycles. The summed E-state index contributed by atoms with van der Waals surface area (Å²) in [5.74, 6) is 1.31. The molecule has 4 rings (SSSR count). The molecule has 2 aromatic heterocycles. The van der Waals surface area contributed by atoms with E-state index < -0.39 is 0 Å². The molecule has 0 saturated carbocycles. The molecule has 154 valence electrons. The Morgan fingerprint density at radius 1 is 1.37 bits per heavy atom. The first-order valence-electron chi connectivity index (χ1n) is 10.1. The van der Waals surface area contributed by atoms with Gasteiger partial charge in [-0.3, -0.25) is 9.59 Å². The van der Waals surface area contributed by atoms with Crippen molar-refractivity contribution in [3.63, 3.8) is 0 Å². The average Bonchev–Trinajstić information content (AvgIpc) is 2.98. The number of amides is 2. The van der Waals surface area contributed by atoms with Gasteiger partial charge < -0.3 is 14.6 Å². The van der Waals surface area contributed by atoms with Crippen molar-refractivity contribution < 1.29 is 14.0 Å². The lowest BCUT2D eigenvalue weighted by Gasteiger charge is -2.15. The maximum Gasteiger partial charge on any atom is 0.246 e. The highest BCUT2D eigenvalue weighted by Gasteiger charge is 2.20. The Hall–Kier alpha value is -3.41. The van der Waals surface area contributed by atoms with E-state index in [1.54, 1.807) is 30.3 Å². The number of benzene rings is 1. The summed E-state index contributed by atoms with van der Waals surface area (Å²) in [6.45, 7) is 4.31. The lowest BCUT2D eigenvalue weighted by molar-refractivity contribution is -0.125. The van der Waals surface area contributed by atoms with E-state index in [1.807, 2.05) is 44.2 Å². The van der Waals surface area contributed by atoms with Crippen LogP contribution < -0.4 is 5.32 Å². The zero-order chi connectivity index (χ0) is 21.3. The van der Waals surface area contributed by atoms with Crippen molar-refractivity contribution in [1.82, 2.24) is 9.88 Å². The average molecular weight is 403 g/mol. The molecular weight excluding hydrogens is 378 g/mol. The zero-order valence-corrected chi connectivity index (χ0v) is 17.4. The lowest BCUT2D eigenvalue weighted by atomic mass is 10.0. The number of pyridine rings is 1. The van der Waals surface area contributed by atoms with Gasteiger partial charge in [-0.15, -0.1) is 0 Å². The van der Waals surface area contributed by atoms with Crippen LogP contribution in [0.2, 0.25) is 0 Å². The molecule has 1 unspecified atom stereocenters. The fourth-order valence-electron chi connectivity index (χ4n) is 3.69. The Morgan fingerprint density at radius 3 is 3.00 bits per heavy atom. The third-order valence-electron chi connectivity index (χ3n) is 5.61. The second-order valence-corrected chi connectivity index (χ2v) is 7.87. The standard InChI is InChI=1S/C24H25N3O3/c1-15-8-10-18-12-17(13-25-23(18)26-24(15)29)9-11-22(28)27(3)14-20-16(2)30-21-7-5-4-6-19(20)21/h4-7,9,11-13,15H,8,10,14H2,1-3H3,(H,25,26,29)/b11-9+. The predicted molar refractivity (Wildman–Crippen MR) is 117 cm³/mol. The number of furan rings is 1. The maximum atomic E-state index is 12.7. The summed E-state index contributed by atoms with van der Waals surface area (Å²) in [6.07, 6.45) is 6.56. The van der Waals surface area contributed by atoms with E-state index in [9.17, 15) is 9.59 Å². The molecule has 2 amide bonds. The predicted octanol–water partition coefficient (Wildman–Crippen LogP) is 4.33. The number of hydrogen-bond acceptors (Lipinski definition) is 4. The second kappa shape index (κ2) is 8.14. The minimum atomic E-state index is -0.100. The summed E-state index contributed by atoms with van der Waals surface area (Å²) >= 11 is 0. The van der Waals surface area contributed by atoms with E-state index >= 15 is 0 Å². The second-order valence-electron chi connectivity index (χ2n) is 7.87. The Labute approximate surface area is 175 Å². The summed E-state index contributed by atoms with van der Waals surface area (Å²) in [5, 5.41) is 3.90. The van der Waals surface area contributed by atoms with E-state index in [-0.39, 0.29) is 17.7 Å². The van der Waals surface area contributed by atoms with Gasteiger partial charge in [0.25, 0.3) is 0 Å². The first kappa shape index (κ1) is 19.9. The number of para-hydroxylation sites is 1. The zero-order valence-electron chi connectivity index (χ0n) is 17.4. The summed E-state index contributed by atoms with van der Waals surface area (Å²) < 4.78 is 5.79. The van der Waals surface area contributed by atoms with Crippen LogP contribution in [0.3, 0.4) is 0 Å². The molecule has 0 bridgehead atoms. The minimum Gasteiger partial charge on any atom is -0.461 e. The van der Waals surface area contributed by atoms with Crippen LogP contribution in [0, 0.1) is 12.8 Å². The molecule has 1 aliphatic rings. The molecule has 3 aromatic rings. The van der Waals surface area contributed by atoms with Crippen LogP contribution in [-0.4, -0.2) is 28.7 Å². The van der Waals surface area contributed by atoms with E-state index in [0.717, 1.165) is 46.3 Å². The van der Waals surface area contributed by atoms with Crippen LogP contribution in [0.15, 0.2) is 47.0 Å². The first-order chi connectivity index (χ1) is 14.4. The van der Waals surface area contributed by atoms with Gasteiger partial charge in [0.1, 0.15) is 17.2 Å². The normalized spacial score (nSPS) is 16.4. The molecule has 0 saturated heterocycles. The monoisotopic (exact) mass is 403 g/mol. The van der Waals surface area contributed by atoms with E-state index in [2.05, 4.69) is 10.3 Å². The number of nitrogens with zero attached hydrogens (tertiary/aromatic N) is 2. The number of aromatic nitrogens is 1. The number of hydrogen-bond donors (Lipinski definition) is 1. The number of carbonyl (C=O) groups excluding carboxylic acids is 2. The fourth-order valence-corrected chi connectivity index (χ4v) is 3.69. The molecule has 1 atom stereocenters. The smallest absolute Gasteiger partial charge is 0.246 e. The van der Waals surface area contributed by atoms with Crippen molar-refractivity contribution in [3.8, 4) is 0 Å². The molecule has 6 nitrogen and oxygen atoms in total. The van der Waals surface area contributed by atoms with E-state index in [1.165, 1.54) is 0 Å². The highest BCUT2D eigenvalue weighted by molar-refractivity contribution is 5.94. The number of aryl methyl sites for hydroxylation is 2. The Kier molecular flexibility index (Phi) is 5.40. The summed E-state index contributed by atoms with van der Waals surface area (Å²) in [5.41, 5.74) is 3.69. The quantitative estimate of drug-likeness (QED) is 0.658. The van der Waals surface area contributed by atoms with Crippen molar-refractivity contribution in [2.75, 3.05) is 12.4 Å². The van der Waals surface area contributed by atoms with Gasteiger partial charge in [0.2, 0.25) is 11.8 Å². The molecule has 0 fully saturated rings. The van der Waals surface area contributed by atoms with Crippen LogP contribution in [0.1, 0.15) is 35.8 Å². The molecular formula is C24H25N3O3. The molecule has 30 heavy (non-hydrogen) atoms. The van der Waals surface area contributed by atoms with Gasteiger partial charge >= 0.3 is 0 Å². The molecule has 1 N–H and O–H groups in total. The largest absolute Gasteiger partial charge is 0.461 e. The Balaban J connectivity index is 1.47. The molecule has 1 aliphatic heterocycles. The van der Waals surface area contributed by atoms with Crippen molar-refractivity contribution in [1.29, 1.82) is 0 Å². The van der Waals surface area contributed by atoms with E-state index in [4.69, 9.17) is 4.42 Å². The molecule has 3 heterocycles. The number of likely N-dealkylation sites (N-methyl/N-ethyl adjacent to an activating group) is 1. The van der Waals surface area contributed by atoms with Gasteiger partial charge in [0.15, 0.2) is 0 Å². The van der Waals surface area contributed by atoms with Crippen LogP contribution in [0.5, 0.6) is 0 Å². The van der Waals surface area contributed by atoms with Gasteiger partial charge in [0.05, 0.1) is 0 Å². The van der Waals surface area contributed by atoms with Crippen molar-refractivity contribution in [2.45, 2.75) is 33.2 Å². The van der Waals surface area contributed by atoms with Crippen LogP contribution >= 0.6 is 0 Å². The number of nitrogens with one attached hydrogen (secondary N) is 1. The molecule has 1 aromatic carbocycles. The summed E-state index contributed by atoms with van der Waals surface area (Å²) in [6, 6.07) is 9.83. The van der Waals surface area contributed by atoms with Gasteiger partial charge in [-0.1, -0.05) is 25.1 Å². The van der Waals surface area contributed by atoms with Crippen LogP contribution in [0.4, 0.5) is 5.82 Å². The summed E-state index contributed by atoms with van der Waals surface area (Å²) in [7, 11) is 1.78. The fraction of sp³-hybridized carbons (Fsp3) is 0.292. The highest BCUT2D eigenvalue weighted by atomic mass is 16.3. The van der Waals surface area contributed by atoms with Crippen molar-refractivity contribution >= 4 is 34.7 Å². The number of fused-ring (bicyclic) bond motifs is 2. The minimum absolute atomic E-state index is 0.00316. The SMILES string of the molecule is Cc1oc2ccccc2c1CN(C)C(=O)/C=C/c1cnc2c(c1)CCC(C)C(=O)N2. The van der Waals surface area contributed by atoms with Crippen molar-refractivity contribution in [3.05, 3.63) is 65.1 Å². The van der Waals surface area contributed by atoms with Gasteiger partial charge in [-0.2, -0.15) is 0 Å². The van der Waals surface area contributed by atoms with Crippen molar-refractivity contribution in [2.24, 2.45) is 5.92 Å². The van der Waals surface area contributed by atoms with Gasteiger partial charge in [0, 0.05) is 42.7 Å². The van der Waals surface area contributed by atoms with E-state index in [0.29, 0.717) is 12.4 Å². The lowest BCUT2D eigenvalue weighted by Crippen LogP contribution is -2.24. The maximum absolute atomic E-state index is 12.7. The number of anilines is 1. The topological polar surface area (TPSA) is 75.4 Å². The molecule has 0 radical (unpaired) electrons. The summed E-state index contributed by atoms with van der Waals surface area (Å²) in [4.78, 5) is 30.7. The van der Waals surface area contributed by atoms with Crippen LogP contribution in [0.25, 0.3) is 17.0 Å². The Morgan fingerprint density at radius 2 is 2.17 bits per heavy atom. The molecule has 6 heteroatoms. The highest BCUT2D eigenvalue weighted by Crippen LogP contribution is 2.26. The number of carbonyl (C=O) groups is 2. The first-order valence-corrected chi connectivity index (χ1v) is 10.1. The van der Waals surface area contributed by atoms with Gasteiger partial charge in [-0.25, -0.2) is 4.98 Å². The van der Waals surface area contributed by atoms with Gasteiger partial charge in [-0.05, 0) is 49.1 Å². The third kappa shape index (κ3) is 3.99. The van der Waals surface area contributed by atoms with Crippen LogP contribution in [-0.2, 0) is 22.6 Å². The number of rotatable bonds is 4. The Bertz CT molecular complexity index is 1150. The molecule has 0 spiro atoms.